The first-order chi connectivity index (χ1) is 9.74. The highest BCUT2D eigenvalue weighted by molar-refractivity contribution is 6.31. The summed E-state index contributed by atoms with van der Waals surface area (Å²) in [6.45, 7) is 0. The van der Waals surface area contributed by atoms with Crippen molar-refractivity contribution in [3.8, 4) is 0 Å². The molecule has 0 aliphatic heterocycles. The minimum atomic E-state index is 0.417. The lowest BCUT2D eigenvalue weighted by Gasteiger charge is -2.05. The Balaban J connectivity index is 1.76. The van der Waals surface area contributed by atoms with Crippen molar-refractivity contribution < 1.29 is 0 Å². The molecule has 1 aromatic carbocycles. The molecule has 1 saturated carbocycles. The van der Waals surface area contributed by atoms with Crippen LogP contribution in [0.5, 0.6) is 0 Å². The standard InChI is InChI=1S/C15H11Cl2N3/c16-13-4-2-1-3-9(13)10-7-11(10)12-8-14(17)19-20-6-5-18-15(12)20/h1-6,8,10-11H,7H2/t10-,11+/m1/s1. The molecule has 2 heterocycles. The predicted octanol–water partition coefficient (Wildman–Crippen LogP) is 4.31. The topological polar surface area (TPSA) is 30.2 Å². The van der Waals surface area contributed by atoms with E-state index >= 15 is 0 Å². The van der Waals surface area contributed by atoms with Crippen LogP contribution in [0.4, 0.5) is 0 Å². The average Bonchev–Trinajstić information content (AvgIpc) is 3.08. The van der Waals surface area contributed by atoms with Crippen molar-refractivity contribution in [2.24, 2.45) is 0 Å². The SMILES string of the molecule is Clc1cc([C@H]2C[C@@H]2c2ccccc2Cl)c2nccn2n1. The molecule has 2 aromatic heterocycles. The Kier molecular flexibility index (Phi) is 2.72. The zero-order valence-corrected chi connectivity index (χ0v) is 12.0. The van der Waals surface area contributed by atoms with Crippen molar-refractivity contribution in [3.63, 3.8) is 0 Å². The first kappa shape index (κ1) is 12.2. The first-order valence-corrected chi connectivity index (χ1v) is 7.24. The number of imidazole rings is 1. The van der Waals surface area contributed by atoms with Gasteiger partial charge in [-0.15, -0.1) is 0 Å². The summed E-state index contributed by atoms with van der Waals surface area (Å²) in [4.78, 5) is 4.38. The second kappa shape index (κ2) is 4.47. The third-order valence-corrected chi connectivity index (χ3v) is 4.38. The number of nitrogens with zero attached hydrogens (tertiary/aromatic N) is 3. The van der Waals surface area contributed by atoms with Gasteiger partial charge in [0.05, 0.1) is 0 Å². The Morgan fingerprint density at radius 1 is 1.10 bits per heavy atom. The van der Waals surface area contributed by atoms with Crippen LogP contribution in [-0.2, 0) is 0 Å². The van der Waals surface area contributed by atoms with Gasteiger partial charge in [-0.05, 0) is 36.0 Å². The minimum absolute atomic E-state index is 0.417. The van der Waals surface area contributed by atoms with Crippen LogP contribution < -0.4 is 0 Å². The number of hydrogen-bond donors (Lipinski definition) is 0. The van der Waals surface area contributed by atoms with Gasteiger partial charge in [0.25, 0.3) is 0 Å². The van der Waals surface area contributed by atoms with Crippen LogP contribution in [0.3, 0.4) is 0 Å². The van der Waals surface area contributed by atoms with E-state index in [0.29, 0.717) is 17.0 Å². The number of fused-ring (bicyclic) bond motifs is 1. The van der Waals surface area contributed by atoms with E-state index in [1.807, 2.05) is 30.5 Å². The van der Waals surface area contributed by atoms with E-state index in [4.69, 9.17) is 23.2 Å². The summed E-state index contributed by atoms with van der Waals surface area (Å²) in [6, 6.07) is 9.95. The van der Waals surface area contributed by atoms with Crippen molar-refractivity contribution in [1.29, 1.82) is 0 Å². The Hall–Kier alpha value is -1.58. The van der Waals surface area contributed by atoms with Gasteiger partial charge in [0.15, 0.2) is 5.65 Å². The van der Waals surface area contributed by atoms with Crippen molar-refractivity contribution >= 4 is 28.8 Å². The van der Waals surface area contributed by atoms with Crippen LogP contribution >= 0.6 is 23.2 Å². The van der Waals surface area contributed by atoms with E-state index in [0.717, 1.165) is 22.7 Å². The second-order valence-corrected chi connectivity index (χ2v) is 5.88. The number of benzene rings is 1. The molecule has 1 aliphatic rings. The molecule has 0 amide bonds. The zero-order valence-electron chi connectivity index (χ0n) is 10.5. The van der Waals surface area contributed by atoms with E-state index in [-0.39, 0.29) is 0 Å². The highest BCUT2D eigenvalue weighted by atomic mass is 35.5. The number of hydrogen-bond acceptors (Lipinski definition) is 2. The van der Waals surface area contributed by atoms with Gasteiger partial charge in [-0.3, -0.25) is 0 Å². The maximum atomic E-state index is 6.28. The largest absolute Gasteiger partial charge is 0.235 e. The van der Waals surface area contributed by atoms with Crippen LogP contribution in [0.1, 0.15) is 29.4 Å². The van der Waals surface area contributed by atoms with Crippen LogP contribution in [0.2, 0.25) is 10.2 Å². The molecule has 5 heteroatoms. The summed E-state index contributed by atoms with van der Waals surface area (Å²) < 4.78 is 1.74. The van der Waals surface area contributed by atoms with Crippen molar-refractivity contribution in [1.82, 2.24) is 14.6 Å². The van der Waals surface area contributed by atoms with Gasteiger partial charge in [-0.25, -0.2) is 9.50 Å². The van der Waals surface area contributed by atoms with Gasteiger partial charge < -0.3 is 0 Å². The van der Waals surface area contributed by atoms with Gasteiger partial charge in [-0.2, -0.15) is 5.10 Å². The molecule has 4 rings (SSSR count). The van der Waals surface area contributed by atoms with Crippen molar-refractivity contribution in [2.45, 2.75) is 18.3 Å². The molecular weight excluding hydrogens is 293 g/mol. The summed E-state index contributed by atoms with van der Waals surface area (Å²) >= 11 is 12.4. The van der Waals surface area contributed by atoms with Crippen molar-refractivity contribution in [3.05, 3.63) is 64.0 Å². The fourth-order valence-electron chi connectivity index (χ4n) is 2.84. The van der Waals surface area contributed by atoms with Crippen LogP contribution in [0.25, 0.3) is 5.65 Å². The molecule has 0 saturated heterocycles. The summed E-state index contributed by atoms with van der Waals surface area (Å²) in [5, 5.41) is 5.54. The number of rotatable bonds is 2. The Bertz CT molecular complexity index is 797. The van der Waals surface area contributed by atoms with E-state index in [1.165, 1.54) is 5.56 Å². The smallest absolute Gasteiger partial charge is 0.157 e. The summed E-state index contributed by atoms with van der Waals surface area (Å²) in [5.41, 5.74) is 3.24. The zero-order chi connectivity index (χ0) is 13.7. The maximum Gasteiger partial charge on any atom is 0.157 e. The molecule has 0 bridgehead atoms. The van der Waals surface area contributed by atoms with Crippen LogP contribution in [-0.4, -0.2) is 14.6 Å². The first-order valence-electron chi connectivity index (χ1n) is 6.48. The maximum absolute atomic E-state index is 6.28. The second-order valence-electron chi connectivity index (χ2n) is 5.09. The molecular formula is C15H11Cl2N3. The fraction of sp³-hybridized carbons (Fsp3) is 0.200. The molecule has 0 spiro atoms. The molecule has 0 radical (unpaired) electrons. The molecule has 3 aromatic rings. The third-order valence-electron chi connectivity index (χ3n) is 3.85. The predicted molar refractivity (Wildman–Crippen MR) is 79.5 cm³/mol. The number of aromatic nitrogens is 3. The summed E-state index contributed by atoms with van der Waals surface area (Å²) in [7, 11) is 0. The van der Waals surface area contributed by atoms with Crippen molar-refractivity contribution in [2.75, 3.05) is 0 Å². The normalized spacial score (nSPS) is 21.3. The molecule has 100 valence electrons. The fourth-order valence-corrected chi connectivity index (χ4v) is 3.31. The molecule has 0 unspecified atom stereocenters. The molecule has 20 heavy (non-hydrogen) atoms. The number of halogens is 2. The highest BCUT2D eigenvalue weighted by Crippen LogP contribution is 2.56. The van der Waals surface area contributed by atoms with E-state index in [1.54, 1.807) is 10.7 Å². The van der Waals surface area contributed by atoms with Crippen LogP contribution in [0, 0.1) is 0 Å². The van der Waals surface area contributed by atoms with E-state index in [2.05, 4.69) is 16.1 Å². The average molecular weight is 304 g/mol. The Morgan fingerprint density at radius 2 is 1.90 bits per heavy atom. The van der Waals surface area contributed by atoms with Gasteiger partial charge >= 0.3 is 0 Å². The highest BCUT2D eigenvalue weighted by Gasteiger charge is 2.42. The minimum Gasteiger partial charge on any atom is -0.235 e. The van der Waals surface area contributed by atoms with Crippen LogP contribution in [0.15, 0.2) is 42.7 Å². The molecule has 2 atom stereocenters. The van der Waals surface area contributed by atoms with E-state index < -0.39 is 0 Å². The Labute approximate surface area is 126 Å². The lowest BCUT2D eigenvalue weighted by Crippen LogP contribution is -1.96. The summed E-state index contributed by atoms with van der Waals surface area (Å²) in [5.74, 6) is 0.864. The van der Waals surface area contributed by atoms with Gasteiger partial charge in [0.2, 0.25) is 0 Å². The lowest BCUT2D eigenvalue weighted by molar-refractivity contribution is 0.906. The molecule has 0 N–H and O–H groups in total. The molecule has 1 aliphatic carbocycles. The lowest BCUT2D eigenvalue weighted by atomic mass is 10.1. The monoisotopic (exact) mass is 303 g/mol. The van der Waals surface area contributed by atoms with Gasteiger partial charge in [0.1, 0.15) is 5.15 Å². The van der Waals surface area contributed by atoms with Gasteiger partial charge in [-0.1, -0.05) is 41.4 Å². The van der Waals surface area contributed by atoms with Gasteiger partial charge in [0, 0.05) is 23.0 Å². The Morgan fingerprint density at radius 3 is 2.75 bits per heavy atom. The molecule has 3 nitrogen and oxygen atoms in total. The summed E-state index contributed by atoms with van der Waals surface area (Å²) in [6.07, 6.45) is 4.64. The molecule has 1 fully saturated rings. The quantitative estimate of drug-likeness (QED) is 0.706. The van der Waals surface area contributed by atoms with E-state index in [9.17, 15) is 0 Å². The third kappa shape index (κ3) is 1.89.